The van der Waals surface area contributed by atoms with Crippen molar-refractivity contribution in [1.29, 1.82) is 0 Å². The van der Waals surface area contributed by atoms with Crippen molar-refractivity contribution >= 4 is 24.0 Å². The fraction of sp³-hybridized carbons (Fsp3) is 0.588. The van der Waals surface area contributed by atoms with E-state index in [9.17, 15) is 4.79 Å². The third-order valence-corrected chi connectivity index (χ3v) is 4.53. The first-order valence-electron chi connectivity index (χ1n) is 7.87. The summed E-state index contributed by atoms with van der Waals surface area (Å²) in [5.41, 5.74) is -0.148. The molecule has 1 fully saturated rings. The molecule has 7 nitrogen and oxygen atoms in total. The molecular weight excluding hydrogens is 348 g/mol. The molecule has 1 aromatic carbocycles. The summed E-state index contributed by atoms with van der Waals surface area (Å²) >= 11 is 0. The van der Waals surface area contributed by atoms with Crippen molar-refractivity contribution in [3.05, 3.63) is 12.1 Å². The van der Waals surface area contributed by atoms with Gasteiger partial charge in [0, 0.05) is 26.3 Å². The Morgan fingerprint density at radius 2 is 1.56 bits per heavy atom. The highest BCUT2D eigenvalue weighted by atomic mass is 35.5. The van der Waals surface area contributed by atoms with Gasteiger partial charge < -0.3 is 29.2 Å². The zero-order valence-electron chi connectivity index (χ0n) is 15.4. The average Bonchev–Trinajstić information content (AvgIpc) is 2.65. The average molecular weight is 375 g/mol. The lowest BCUT2D eigenvalue weighted by Gasteiger charge is -2.37. The Morgan fingerprint density at radius 1 is 1.04 bits per heavy atom. The molecule has 0 aliphatic carbocycles. The third kappa shape index (κ3) is 4.11. The van der Waals surface area contributed by atoms with Crippen molar-refractivity contribution in [3.63, 3.8) is 0 Å². The van der Waals surface area contributed by atoms with Crippen LogP contribution in [0.25, 0.3) is 0 Å². The number of nitrogens with zero attached hydrogens (tertiary/aromatic N) is 1. The lowest BCUT2D eigenvalue weighted by Crippen LogP contribution is -2.54. The second-order valence-corrected chi connectivity index (χ2v) is 5.70. The van der Waals surface area contributed by atoms with Gasteiger partial charge in [-0.05, 0) is 25.9 Å². The molecule has 0 spiro atoms. The van der Waals surface area contributed by atoms with Crippen LogP contribution in [0.3, 0.4) is 0 Å². The van der Waals surface area contributed by atoms with E-state index in [-0.39, 0.29) is 18.3 Å². The molecule has 0 bridgehead atoms. The maximum Gasteiger partial charge on any atom is 0.259 e. The Labute approximate surface area is 155 Å². The molecule has 0 aromatic heterocycles. The standard InChI is InChI=1S/C17H26N2O5.ClH/c1-19(16(20)17(24-5)6-8-18-9-7-17)12-10-13(21-2)15(23-4)14(11-12)22-3;/h10-11,18H,6-9H2,1-5H3;1H. The number of likely N-dealkylation sites (N-methyl/N-ethyl adjacent to an activating group) is 1. The van der Waals surface area contributed by atoms with Crippen LogP contribution in [0.4, 0.5) is 5.69 Å². The molecule has 1 amide bonds. The molecule has 142 valence electrons. The Balaban J connectivity index is 0.00000312. The normalized spacial score (nSPS) is 15.7. The number of hydrogen-bond acceptors (Lipinski definition) is 6. The number of methoxy groups -OCH3 is 4. The first kappa shape index (κ1) is 21.3. The van der Waals surface area contributed by atoms with Gasteiger partial charge in [0.25, 0.3) is 5.91 Å². The number of piperidine rings is 1. The second kappa shape index (κ2) is 9.12. The smallest absolute Gasteiger partial charge is 0.259 e. The second-order valence-electron chi connectivity index (χ2n) is 5.70. The lowest BCUT2D eigenvalue weighted by atomic mass is 9.90. The summed E-state index contributed by atoms with van der Waals surface area (Å²) in [6.07, 6.45) is 1.27. The highest BCUT2D eigenvalue weighted by molar-refractivity contribution is 5.99. The Morgan fingerprint density at radius 3 is 1.96 bits per heavy atom. The predicted molar refractivity (Wildman–Crippen MR) is 98.6 cm³/mol. The molecule has 1 N–H and O–H groups in total. The molecule has 0 unspecified atom stereocenters. The van der Waals surface area contributed by atoms with Crippen LogP contribution in [-0.4, -0.2) is 60.1 Å². The van der Waals surface area contributed by atoms with Gasteiger partial charge in [-0.25, -0.2) is 0 Å². The molecule has 0 saturated carbocycles. The van der Waals surface area contributed by atoms with Gasteiger partial charge in [0.15, 0.2) is 11.5 Å². The van der Waals surface area contributed by atoms with Crippen LogP contribution >= 0.6 is 12.4 Å². The number of benzene rings is 1. The zero-order chi connectivity index (χ0) is 17.7. The van der Waals surface area contributed by atoms with Gasteiger partial charge in [-0.3, -0.25) is 4.79 Å². The Kier molecular flexibility index (Phi) is 7.79. The van der Waals surface area contributed by atoms with Crippen molar-refractivity contribution in [1.82, 2.24) is 5.32 Å². The molecule has 1 heterocycles. The minimum atomic E-state index is -0.805. The quantitative estimate of drug-likeness (QED) is 0.819. The van der Waals surface area contributed by atoms with Gasteiger partial charge in [-0.1, -0.05) is 0 Å². The van der Waals surface area contributed by atoms with Crippen LogP contribution in [0.15, 0.2) is 12.1 Å². The molecule has 8 heteroatoms. The molecule has 1 aliphatic rings. The molecule has 2 rings (SSSR count). The summed E-state index contributed by atoms with van der Waals surface area (Å²) in [5.74, 6) is 1.42. The van der Waals surface area contributed by atoms with Crippen molar-refractivity contribution in [2.24, 2.45) is 0 Å². The van der Waals surface area contributed by atoms with Gasteiger partial charge in [-0.2, -0.15) is 0 Å². The summed E-state index contributed by atoms with van der Waals surface area (Å²) in [7, 11) is 7.96. The maximum atomic E-state index is 13.1. The van der Waals surface area contributed by atoms with E-state index in [1.54, 1.807) is 52.5 Å². The van der Waals surface area contributed by atoms with Gasteiger partial charge in [0.2, 0.25) is 5.75 Å². The summed E-state index contributed by atoms with van der Waals surface area (Å²) in [6.45, 7) is 1.51. The summed E-state index contributed by atoms with van der Waals surface area (Å²) in [4.78, 5) is 14.6. The summed E-state index contributed by atoms with van der Waals surface area (Å²) < 4.78 is 21.7. The van der Waals surface area contributed by atoms with Crippen molar-refractivity contribution < 1.29 is 23.7 Å². The van der Waals surface area contributed by atoms with Gasteiger partial charge >= 0.3 is 0 Å². The SMILES string of the molecule is COc1cc(N(C)C(=O)C2(OC)CCNCC2)cc(OC)c1OC.Cl. The fourth-order valence-electron chi connectivity index (χ4n) is 3.02. The van der Waals surface area contributed by atoms with E-state index in [0.29, 0.717) is 35.8 Å². The van der Waals surface area contributed by atoms with E-state index in [1.165, 1.54) is 0 Å². The van der Waals surface area contributed by atoms with E-state index in [2.05, 4.69) is 5.32 Å². The summed E-state index contributed by atoms with van der Waals surface area (Å²) in [5, 5.41) is 3.25. The highest BCUT2D eigenvalue weighted by Crippen LogP contribution is 2.41. The predicted octanol–water partition coefficient (Wildman–Crippen LogP) is 1.87. The van der Waals surface area contributed by atoms with Crippen molar-refractivity contribution in [2.75, 3.05) is 53.5 Å². The summed E-state index contributed by atoms with van der Waals surface area (Å²) in [6, 6.07) is 3.51. The van der Waals surface area contributed by atoms with Crippen LogP contribution in [-0.2, 0) is 9.53 Å². The van der Waals surface area contributed by atoms with E-state index >= 15 is 0 Å². The largest absolute Gasteiger partial charge is 0.493 e. The van der Waals surface area contributed by atoms with Crippen LogP contribution in [0.5, 0.6) is 17.2 Å². The van der Waals surface area contributed by atoms with Crippen molar-refractivity contribution in [3.8, 4) is 17.2 Å². The number of hydrogen-bond donors (Lipinski definition) is 1. The van der Waals surface area contributed by atoms with Crippen LogP contribution in [0, 0.1) is 0 Å². The van der Waals surface area contributed by atoms with E-state index < -0.39 is 5.60 Å². The molecular formula is C17H27ClN2O5. The van der Waals surface area contributed by atoms with Crippen molar-refractivity contribution in [2.45, 2.75) is 18.4 Å². The molecule has 0 atom stereocenters. The first-order valence-corrected chi connectivity index (χ1v) is 7.87. The molecule has 1 aromatic rings. The van der Waals surface area contributed by atoms with Gasteiger partial charge in [0.05, 0.1) is 27.0 Å². The minimum absolute atomic E-state index is 0. The van der Waals surface area contributed by atoms with Crippen LogP contribution in [0.1, 0.15) is 12.8 Å². The molecule has 25 heavy (non-hydrogen) atoms. The molecule has 0 radical (unpaired) electrons. The third-order valence-electron chi connectivity index (χ3n) is 4.53. The van der Waals surface area contributed by atoms with Crippen LogP contribution < -0.4 is 24.4 Å². The monoisotopic (exact) mass is 374 g/mol. The Bertz CT molecular complexity index is 565. The number of amides is 1. The Hall–Kier alpha value is -1.70. The number of carbonyl (C=O) groups is 1. The highest BCUT2D eigenvalue weighted by Gasteiger charge is 2.42. The minimum Gasteiger partial charge on any atom is -0.493 e. The van der Waals surface area contributed by atoms with Crippen LogP contribution in [0.2, 0.25) is 0 Å². The van der Waals surface area contributed by atoms with Gasteiger partial charge in [-0.15, -0.1) is 12.4 Å². The molecule has 1 saturated heterocycles. The zero-order valence-corrected chi connectivity index (χ0v) is 16.2. The molecule has 1 aliphatic heterocycles. The lowest BCUT2D eigenvalue weighted by molar-refractivity contribution is -0.143. The maximum absolute atomic E-state index is 13.1. The topological polar surface area (TPSA) is 69.3 Å². The number of ether oxygens (including phenoxy) is 4. The van der Waals surface area contributed by atoms with Gasteiger partial charge in [0.1, 0.15) is 5.60 Å². The van der Waals surface area contributed by atoms with E-state index in [0.717, 1.165) is 13.1 Å². The number of carbonyl (C=O) groups excluding carboxylic acids is 1. The first-order chi connectivity index (χ1) is 11.5. The number of rotatable bonds is 6. The number of anilines is 1. The van der Waals surface area contributed by atoms with E-state index in [4.69, 9.17) is 18.9 Å². The number of nitrogens with one attached hydrogen (secondary N) is 1. The van der Waals surface area contributed by atoms with E-state index in [1.807, 2.05) is 0 Å². The fourth-order valence-corrected chi connectivity index (χ4v) is 3.02. The number of halogens is 1.